The highest BCUT2D eigenvalue weighted by Gasteiger charge is 2.22. The van der Waals surface area contributed by atoms with Crippen molar-refractivity contribution in [1.82, 2.24) is 20.4 Å². The predicted molar refractivity (Wildman–Crippen MR) is 93.8 cm³/mol. The van der Waals surface area contributed by atoms with Gasteiger partial charge in [0.15, 0.2) is 0 Å². The standard InChI is InChI=1S/C17H24N4O2S/c1-18-9-6-13-7-10-21(11-8-13)16(22)5-4-15-19-17(20-23-15)14-3-2-12-24-14/h2-3,12-13,18H,4-11H2,1H3. The number of likely N-dealkylation sites (tertiary alicyclic amines) is 1. The number of hydrogen-bond donors (Lipinski definition) is 1. The van der Waals surface area contributed by atoms with E-state index >= 15 is 0 Å². The van der Waals surface area contributed by atoms with Gasteiger partial charge in [-0.1, -0.05) is 11.2 Å². The van der Waals surface area contributed by atoms with Crippen LogP contribution in [0.15, 0.2) is 22.0 Å². The van der Waals surface area contributed by atoms with Gasteiger partial charge in [-0.3, -0.25) is 4.79 Å². The summed E-state index contributed by atoms with van der Waals surface area (Å²) in [4.78, 5) is 19.7. The monoisotopic (exact) mass is 348 g/mol. The van der Waals surface area contributed by atoms with E-state index in [4.69, 9.17) is 4.52 Å². The molecular formula is C17H24N4O2S. The van der Waals surface area contributed by atoms with Gasteiger partial charge in [-0.15, -0.1) is 11.3 Å². The molecule has 2 aromatic rings. The summed E-state index contributed by atoms with van der Waals surface area (Å²) < 4.78 is 5.26. The molecule has 0 aromatic carbocycles. The van der Waals surface area contributed by atoms with Crippen molar-refractivity contribution in [1.29, 1.82) is 0 Å². The number of rotatable bonds is 7. The van der Waals surface area contributed by atoms with Gasteiger partial charge in [-0.2, -0.15) is 4.98 Å². The van der Waals surface area contributed by atoms with Gasteiger partial charge in [0.05, 0.1) is 4.88 Å². The molecule has 1 saturated heterocycles. The fraction of sp³-hybridized carbons (Fsp3) is 0.588. The third-order valence-corrected chi connectivity index (χ3v) is 5.40. The molecular weight excluding hydrogens is 324 g/mol. The maximum absolute atomic E-state index is 12.4. The lowest BCUT2D eigenvalue weighted by molar-refractivity contribution is -0.132. The van der Waals surface area contributed by atoms with E-state index in [0.717, 1.165) is 43.3 Å². The lowest BCUT2D eigenvalue weighted by Crippen LogP contribution is -2.39. The van der Waals surface area contributed by atoms with Crippen LogP contribution in [0.25, 0.3) is 10.7 Å². The molecule has 2 aromatic heterocycles. The molecule has 0 bridgehead atoms. The number of amides is 1. The largest absolute Gasteiger partial charge is 0.343 e. The number of hydrogen-bond acceptors (Lipinski definition) is 6. The van der Waals surface area contributed by atoms with Crippen molar-refractivity contribution < 1.29 is 9.32 Å². The molecule has 0 spiro atoms. The number of nitrogens with one attached hydrogen (secondary N) is 1. The van der Waals surface area contributed by atoms with E-state index in [1.54, 1.807) is 11.3 Å². The number of nitrogens with zero attached hydrogens (tertiary/aromatic N) is 3. The molecule has 1 N–H and O–H groups in total. The number of thiophene rings is 1. The molecule has 0 atom stereocenters. The average Bonchev–Trinajstić information content (AvgIpc) is 3.29. The highest BCUT2D eigenvalue weighted by Crippen LogP contribution is 2.22. The summed E-state index contributed by atoms with van der Waals surface area (Å²) in [5.74, 6) is 2.08. The fourth-order valence-corrected chi connectivity index (χ4v) is 3.70. The molecule has 130 valence electrons. The highest BCUT2D eigenvalue weighted by molar-refractivity contribution is 7.13. The van der Waals surface area contributed by atoms with E-state index in [-0.39, 0.29) is 5.91 Å². The van der Waals surface area contributed by atoms with Crippen LogP contribution in [-0.2, 0) is 11.2 Å². The maximum Gasteiger partial charge on any atom is 0.227 e. The Kier molecular flexibility index (Phi) is 5.98. The highest BCUT2D eigenvalue weighted by atomic mass is 32.1. The van der Waals surface area contributed by atoms with Gasteiger partial charge < -0.3 is 14.7 Å². The summed E-state index contributed by atoms with van der Waals surface area (Å²) in [5, 5.41) is 9.16. The molecule has 24 heavy (non-hydrogen) atoms. The number of piperidine rings is 1. The molecule has 0 unspecified atom stereocenters. The molecule has 1 aliphatic heterocycles. The zero-order valence-electron chi connectivity index (χ0n) is 14.0. The minimum atomic E-state index is 0.193. The predicted octanol–water partition coefficient (Wildman–Crippen LogP) is 2.58. The molecule has 1 aliphatic rings. The second-order valence-corrected chi connectivity index (χ2v) is 7.15. The maximum atomic E-state index is 12.4. The van der Waals surface area contributed by atoms with Crippen LogP contribution < -0.4 is 5.32 Å². The lowest BCUT2D eigenvalue weighted by Gasteiger charge is -2.32. The molecule has 1 fully saturated rings. The van der Waals surface area contributed by atoms with Crippen molar-refractivity contribution in [2.75, 3.05) is 26.7 Å². The topological polar surface area (TPSA) is 71.3 Å². The van der Waals surface area contributed by atoms with Crippen LogP contribution in [-0.4, -0.2) is 47.6 Å². The van der Waals surface area contributed by atoms with Crippen LogP contribution in [0, 0.1) is 5.92 Å². The van der Waals surface area contributed by atoms with E-state index < -0.39 is 0 Å². The molecule has 0 aliphatic carbocycles. The van der Waals surface area contributed by atoms with Crippen LogP contribution in [0.1, 0.15) is 31.6 Å². The summed E-state index contributed by atoms with van der Waals surface area (Å²) in [6.07, 6.45) is 4.36. The normalized spacial score (nSPS) is 15.8. The lowest BCUT2D eigenvalue weighted by atomic mass is 9.93. The molecule has 6 nitrogen and oxygen atoms in total. The minimum Gasteiger partial charge on any atom is -0.343 e. The van der Waals surface area contributed by atoms with Gasteiger partial charge >= 0.3 is 0 Å². The summed E-state index contributed by atoms with van der Waals surface area (Å²) in [6, 6.07) is 3.92. The first kappa shape index (κ1) is 17.1. The summed E-state index contributed by atoms with van der Waals surface area (Å²) >= 11 is 1.58. The molecule has 7 heteroatoms. The Morgan fingerprint density at radius 2 is 2.29 bits per heavy atom. The van der Waals surface area contributed by atoms with Crippen molar-refractivity contribution >= 4 is 17.2 Å². The molecule has 0 radical (unpaired) electrons. The smallest absolute Gasteiger partial charge is 0.227 e. The second kappa shape index (κ2) is 8.39. The molecule has 3 heterocycles. The zero-order chi connectivity index (χ0) is 16.8. The van der Waals surface area contributed by atoms with Crippen LogP contribution in [0.5, 0.6) is 0 Å². The van der Waals surface area contributed by atoms with Crippen molar-refractivity contribution in [2.45, 2.75) is 32.1 Å². The van der Waals surface area contributed by atoms with Gasteiger partial charge in [0, 0.05) is 25.9 Å². The number of aryl methyl sites for hydroxylation is 1. The van der Waals surface area contributed by atoms with Gasteiger partial charge in [0.25, 0.3) is 0 Å². The average molecular weight is 348 g/mol. The molecule has 3 rings (SSSR count). The Balaban J connectivity index is 1.43. The van der Waals surface area contributed by atoms with Crippen molar-refractivity contribution in [2.24, 2.45) is 5.92 Å². The van der Waals surface area contributed by atoms with Gasteiger partial charge in [0.2, 0.25) is 17.6 Å². The Morgan fingerprint density at radius 3 is 3.00 bits per heavy atom. The zero-order valence-corrected chi connectivity index (χ0v) is 14.8. The van der Waals surface area contributed by atoms with E-state index in [9.17, 15) is 4.79 Å². The molecule has 1 amide bonds. The van der Waals surface area contributed by atoms with Gasteiger partial charge in [-0.05, 0) is 50.2 Å². The number of aromatic nitrogens is 2. The Hall–Kier alpha value is -1.73. The second-order valence-electron chi connectivity index (χ2n) is 6.21. The first-order valence-electron chi connectivity index (χ1n) is 8.55. The minimum absolute atomic E-state index is 0.193. The third-order valence-electron chi connectivity index (χ3n) is 4.53. The summed E-state index contributed by atoms with van der Waals surface area (Å²) in [7, 11) is 1.99. The number of carbonyl (C=O) groups excluding carboxylic acids is 1. The van der Waals surface area contributed by atoms with Crippen LogP contribution >= 0.6 is 11.3 Å². The van der Waals surface area contributed by atoms with Crippen LogP contribution in [0.2, 0.25) is 0 Å². The van der Waals surface area contributed by atoms with E-state index in [1.807, 2.05) is 29.5 Å². The Labute approximate surface area is 146 Å². The van der Waals surface area contributed by atoms with E-state index in [0.29, 0.717) is 24.6 Å². The third kappa shape index (κ3) is 4.42. The summed E-state index contributed by atoms with van der Waals surface area (Å²) in [5.41, 5.74) is 0. The Bertz CT molecular complexity index is 633. The summed E-state index contributed by atoms with van der Waals surface area (Å²) in [6.45, 7) is 2.80. The van der Waals surface area contributed by atoms with Crippen molar-refractivity contribution in [3.05, 3.63) is 23.4 Å². The SMILES string of the molecule is CNCCC1CCN(C(=O)CCc2nc(-c3cccs3)no2)CC1. The number of carbonyl (C=O) groups is 1. The van der Waals surface area contributed by atoms with Gasteiger partial charge in [0.1, 0.15) is 0 Å². The Morgan fingerprint density at radius 1 is 1.46 bits per heavy atom. The quantitative estimate of drug-likeness (QED) is 0.833. The first-order chi connectivity index (χ1) is 11.8. The van der Waals surface area contributed by atoms with E-state index in [2.05, 4.69) is 15.5 Å². The van der Waals surface area contributed by atoms with Crippen molar-refractivity contribution in [3.63, 3.8) is 0 Å². The first-order valence-corrected chi connectivity index (χ1v) is 9.43. The van der Waals surface area contributed by atoms with Crippen LogP contribution in [0.3, 0.4) is 0 Å². The molecule has 0 saturated carbocycles. The van der Waals surface area contributed by atoms with E-state index in [1.165, 1.54) is 6.42 Å². The van der Waals surface area contributed by atoms with Crippen LogP contribution in [0.4, 0.5) is 0 Å². The fourth-order valence-electron chi connectivity index (χ4n) is 3.05. The van der Waals surface area contributed by atoms with Crippen molar-refractivity contribution in [3.8, 4) is 10.7 Å². The van der Waals surface area contributed by atoms with Gasteiger partial charge in [-0.25, -0.2) is 0 Å².